The predicted octanol–water partition coefficient (Wildman–Crippen LogP) is 4.85. The average Bonchev–Trinajstić information content (AvgIpc) is 2.88. The van der Waals surface area contributed by atoms with Gasteiger partial charge in [-0.1, -0.05) is 57.2 Å². The van der Waals surface area contributed by atoms with Crippen LogP contribution in [0.15, 0.2) is 54.6 Å². The predicted molar refractivity (Wildman–Crippen MR) is 141 cm³/mol. The Hall–Kier alpha value is -3.22. The third-order valence-corrected chi connectivity index (χ3v) is 6.65. The first-order valence-corrected chi connectivity index (χ1v) is 12.5. The summed E-state index contributed by atoms with van der Waals surface area (Å²) in [5, 5.41) is 1.54. The van der Waals surface area contributed by atoms with E-state index >= 15 is 0 Å². The Morgan fingerprint density at radius 3 is 2.33 bits per heavy atom. The number of ether oxygens (including phenoxy) is 3. The highest BCUT2D eigenvalue weighted by Gasteiger charge is 2.23. The number of methoxy groups -OCH3 is 1. The van der Waals surface area contributed by atoms with Gasteiger partial charge in [0, 0.05) is 42.6 Å². The zero-order chi connectivity index (χ0) is 25.7. The van der Waals surface area contributed by atoms with Gasteiger partial charge in [0.15, 0.2) is 0 Å². The molecule has 6 heteroatoms. The number of carbonyl (C=O) groups is 2. The van der Waals surface area contributed by atoms with Crippen molar-refractivity contribution in [2.45, 2.75) is 32.6 Å². The summed E-state index contributed by atoms with van der Waals surface area (Å²) in [6, 6.07) is 16.9. The molecule has 0 unspecified atom stereocenters. The maximum absolute atomic E-state index is 13.3. The zero-order valence-corrected chi connectivity index (χ0v) is 21.6. The second-order valence-electron chi connectivity index (χ2n) is 10.2. The van der Waals surface area contributed by atoms with Gasteiger partial charge in [-0.15, -0.1) is 0 Å². The van der Waals surface area contributed by atoms with Crippen molar-refractivity contribution in [3.8, 4) is 11.5 Å². The van der Waals surface area contributed by atoms with E-state index in [1.807, 2.05) is 42.5 Å². The Labute approximate surface area is 213 Å². The molecule has 1 fully saturated rings. The van der Waals surface area contributed by atoms with Crippen molar-refractivity contribution in [1.82, 2.24) is 4.90 Å². The van der Waals surface area contributed by atoms with Crippen molar-refractivity contribution in [2.24, 2.45) is 0 Å². The number of Topliss-reactive ketones (excluding diaryl/α,β-unsaturated/α-hetero) is 2. The summed E-state index contributed by atoms with van der Waals surface area (Å²) < 4.78 is 17.0. The molecule has 190 valence electrons. The van der Waals surface area contributed by atoms with Gasteiger partial charge in [0.2, 0.25) is 11.6 Å². The van der Waals surface area contributed by atoms with E-state index in [9.17, 15) is 9.59 Å². The maximum Gasteiger partial charge on any atom is 0.229 e. The van der Waals surface area contributed by atoms with Crippen LogP contribution in [0.2, 0.25) is 0 Å². The Kier molecular flexibility index (Phi) is 8.07. The average molecular weight is 490 g/mol. The van der Waals surface area contributed by atoms with Gasteiger partial charge in [0.1, 0.15) is 18.1 Å². The standard InChI is InChI=1S/C30H35NO5/c1-30(2,3)22-9-11-27(34-4)21(19-22)20-26(32)29(33)25-10-12-28(24-8-6-5-7-23(24)25)36-18-15-31-13-16-35-17-14-31/h5-12,19H,13-18,20H2,1-4H3. The Morgan fingerprint density at radius 1 is 0.944 bits per heavy atom. The van der Waals surface area contributed by atoms with Gasteiger partial charge in [-0.05, 0) is 34.6 Å². The third kappa shape index (κ3) is 5.94. The summed E-state index contributed by atoms with van der Waals surface area (Å²) in [4.78, 5) is 28.8. The molecular weight excluding hydrogens is 454 g/mol. The van der Waals surface area contributed by atoms with Crippen molar-refractivity contribution in [1.29, 1.82) is 0 Å². The fourth-order valence-electron chi connectivity index (χ4n) is 4.49. The number of benzene rings is 3. The number of carbonyl (C=O) groups excluding carboxylic acids is 2. The summed E-state index contributed by atoms with van der Waals surface area (Å²) in [5.41, 5.74) is 2.11. The number of morpholine rings is 1. The van der Waals surface area contributed by atoms with E-state index in [2.05, 4.69) is 25.7 Å². The van der Waals surface area contributed by atoms with Gasteiger partial charge in [-0.25, -0.2) is 0 Å². The molecule has 0 N–H and O–H groups in total. The van der Waals surface area contributed by atoms with Gasteiger partial charge >= 0.3 is 0 Å². The van der Waals surface area contributed by atoms with Crippen LogP contribution in [0.1, 0.15) is 42.3 Å². The zero-order valence-electron chi connectivity index (χ0n) is 21.6. The molecule has 4 rings (SSSR count). The molecule has 36 heavy (non-hydrogen) atoms. The normalized spacial score (nSPS) is 14.6. The first-order valence-electron chi connectivity index (χ1n) is 12.5. The van der Waals surface area contributed by atoms with E-state index in [4.69, 9.17) is 14.2 Å². The SMILES string of the molecule is COc1ccc(C(C)(C)C)cc1CC(=O)C(=O)c1ccc(OCCN2CCOCC2)c2ccccc12. The summed E-state index contributed by atoms with van der Waals surface area (Å²) >= 11 is 0. The van der Waals surface area contributed by atoms with Gasteiger partial charge in [0.25, 0.3) is 0 Å². The second-order valence-corrected chi connectivity index (χ2v) is 10.2. The maximum atomic E-state index is 13.3. The van der Waals surface area contributed by atoms with Crippen molar-refractivity contribution >= 4 is 22.3 Å². The van der Waals surface area contributed by atoms with Crippen LogP contribution in [0.5, 0.6) is 11.5 Å². The van der Waals surface area contributed by atoms with Crippen molar-refractivity contribution < 1.29 is 23.8 Å². The van der Waals surface area contributed by atoms with E-state index in [-0.39, 0.29) is 11.8 Å². The minimum atomic E-state index is -0.505. The van der Waals surface area contributed by atoms with Gasteiger partial charge in [0.05, 0.1) is 20.3 Å². The Bertz CT molecular complexity index is 1240. The molecule has 6 nitrogen and oxygen atoms in total. The van der Waals surface area contributed by atoms with Crippen LogP contribution < -0.4 is 9.47 Å². The molecule has 0 aliphatic carbocycles. The number of hydrogen-bond donors (Lipinski definition) is 0. The van der Waals surface area contributed by atoms with Gasteiger partial charge < -0.3 is 14.2 Å². The van der Waals surface area contributed by atoms with Crippen molar-refractivity contribution in [3.63, 3.8) is 0 Å². The molecule has 0 atom stereocenters. The number of hydrogen-bond acceptors (Lipinski definition) is 6. The van der Waals surface area contributed by atoms with Crippen LogP contribution in [-0.2, 0) is 21.4 Å². The third-order valence-electron chi connectivity index (χ3n) is 6.65. The minimum Gasteiger partial charge on any atom is -0.496 e. The Morgan fingerprint density at radius 2 is 1.64 bits per heavy atom. The first kappa shape index (κ1) is 25.9. The molecule has 0 bridgehead atoms. The monoisotopic (exact) mass is 489 g/mol. The summed E-state index contributed by atoms with van der Waals surface area (Å²) in [7, 11) is 1.58. The molecule has 0 saturated carbocycles. The molecule has 1 heterocycles. The fourth-order valence-corrected chi connectivity index (χ4v) is 4.49. The van der Waals surface area contributed by atoms with Crippen LogP contribution in [-0.4, -0.2) is 63.0 Å². The molecule has 1 aliphatic heterocycles. The lowest BCUT2D eigenvalue weighted by atomic mass is 9.85. The van der Waals surface area contributed by atoms with Crippen molar-refractivity contribution in [3.05, 3.63) is 71.3 Å². The van der Waals surface area contributed by atoms with E-state index in [0.29, 0.717) is 23.7 Å². The highest BCUT2D eigenvalue weighted by Crippen LogP contribution is 2.31. The molecule has 0 radical (unpaired) electrons. The van der Waals surface area contributed by atoms with Crippen LogP contribution in [0, 0.1) is 0 Å². The molecule has 3 aromatic carbocycles. The number of rotatable bonds is 9. The highest BCUT2D eigenvalue weighted by molar-refractivity contribution is 6.46. The lowest BCUT2D eigenvalue weighted by Gasteiger charge is -2.26. The second kappa shape index (κ2) is 11.2. The van der Waals surface area contributed by atoms with Crippen LogP contribution in [0.4, 0.5) is 0 Å². The first-order chi connectivity index (χ1) is 17.3. The van der Waals surface area contributed by atoms with E-state index in [0.717, 1.165) is 54.7 Å². The van der Waals surface area contributed by atoms with Crippen LogP contribution in [0.3, 0.4) is 0 Å². The number of fused-ring (bicyclic) bond motifs is 1. The summed E-state index contributed by atoms with van der Waals surface area (Å²) in [6.45, 7) is 11.0. The fraction of sp³-hybridized carbons (Fsp3) is 0.400. The molecule has 0 amide bonds. The molecular formula is C30H35NO5. The molecule has 0 aromatic heterocycles. The van der Waals surface area contributed by atoms with E-state index < -0.39 is 11.6 Å². The minimum absolute atomic E-state index is 0.0158. The molecule has 0 spiro atoms. The van der Waals surface area contributed by atoms with Crippen molar-refractivity contribution in [2.75, 3.05) is 46.6 Å². The lowest BCUT2D eigenvalue weighted by Crippen LogP contribution is -2.38. The smallest absolute Gasteiger partial charge is 0.229 e. The van der Waals surface area contributed by atoms with Crippen LogP contribution in [0.25, 0.3) is 10.8 Å². The number of nitrogens with zero attached hydrogens (tertiary/aromatic N) is 1. The molecule has 3 aromatic rings. The topological polar surface area (TPSA) is 65.1 Å². The highest BCUT2D eigenvalue weighted by atomic mass is 16.5. The van der Waals surface area contributed by atoms with E-state index in [1.54, 1.807) is 19.2 Å². The Balaban J connectivity index is 1.53. The summed E-state index contributed by atoms with van der Waals surface area (Å²) in [5.74, 6) is 0.347. The number of ketones is 2. The van der Waals surface area contributed by atoms with Crippen LogP contribution >= 0.6 is 0 Å². The van der Waals surface area contributed by atoms with E-state index in [1.165, 1.54) is 0 Å². The summed E-state index contributed by atoms with van der Waals surface area (Å²) in [6.07, 6.45) is -0.0158. The lowest BCUT2D eigenvalue weighted by molar-refractivity contribution is -0.114. The quantitative estimate of drug-likeness (QED) is 0.316. The van der Waals surface area contributed by atoms with Gasteiger partial charge in [-0.3, -0.25) is 14.5 Å². The largest absolute Gasteiger partial charge is 0.496 e. The molecule has 1 saturated heterocycles. The van der Waals surface area contributed by atoms with Gasteiger partial charge in [-0.2, -0.15) is 0 Å². The molecule has 1 aliphatic rings.